The Bertz CT molecular complexity index is 567. The maximum absolute atomic E-state index is 13.1. The second-order valence-corrected chi connectivity index (χ2v) is 5.52. The largest absolute Gasteiger partial charge is 0.480 e. The van der Waals surface area contributed by atoms with Gasteiger partial charge in [-0.05, 0) is 37.0 Å². The normalized spacial score (nSPS) is 25.8. The summed E-state index contributed by atoms with van der Waals surface area (Å²) in [6.07, 6.45) is 2.84. The predicted octanol–water partition coefficient (Wildman–Crippen LogP) is 3.14. The first-order valence-electron chi connectivity index (χ1n) is 6.68. The molecule has 0 aliphatic heterocycles. The zero-order chi connectivity index (χ0) is 14.8. The number of halogens is 1. The van der Waals surface area contributed by atoms with Gasteiger partial charge in [-0.25, -0.2) is 9.18 Å². The van der Waals surface area contributed by atoms with Crippen molar-refractivity contribution < 1.29 is 14.3 Å². The molecule has 5 heteroatoms. The number of aliphatic carboxylic acids is 1. The third-order valence-corrected chi connectivity index (χ3v) is 3.88. The van der Waals surface area contributed by atoms with Gasteiger partial charge in [-0.2, -0.15) is 5.26 Å². The van der Waals surface area contributed by atoms with E-state index < -0.39 is 17.3 Å². The summed E-state index contributed by atoms with van der Waals surface area (Å²) in [4.78, 5) is 11.7. The van der Waals surface area contributed by atoms with Crippen LogP contribution in [-0.2, 0) is 4.79 Å². The number of hydrogen-bond acceptors (Lipinski definition) is 3. The molecule has 0 radical (unpaired) electrons. The highest BCUT2D eigenvalue weighted by Gasteiger charge is 2.42. The third kappa shape index (κ3) is 2.74. The van der Waals surface area contributed by atoms with Gasteiger partial charge in [0.05, 0.1) is 11.3 Å². The first kappa shape index (κ1) is 14.3. The number of nitriles is 1. The van der Waals surface area contributed by atoms with E-state index in [0.29, 0.717) is 24.4 Å². The fourth-order valence-corrected chi connectivity index (χ4v) is 2.89. The van der Waals surface area contributed by atoms with Crippen molar-refractivity contribution in [3.8, 4) is 6.07 Å². The Hall–Kier alpha value is -2.09. The Morgan fingerprint density at radius 1 is 1.60 bits per heavy atom. The average molecular weight is 276 g/mol. The molecule has 2 N–H and O–H groups in total. The summed E-state index contributed by atoms with van der Waals surface area (Å²) in [5.74, 6) is -1.12. The van der Waals surface area contributed by atoms with E-state index in [4.69, 9.17) is 5.26 Å². The van der Waals surface area contributed by atoms with Gasteiger partial charge in [0.2, 0.25) is 0 Å². The minimum atomic E-state index is -1.07. The van der Waals surface area contributed by atoms with E-state index in [1.807, 2.05) is 13.0 Å². The Balaban J connectivity index is 2.34. The van der Waals surface area contributed by atoms with Crippen LogP contribution in [0.4, 0.5) is 10.1 Å². The molecule has 1 aromatic carbocycles. The number of carboxylic acid groups (broad SMARTS) is 1. The molecule has 106 valence electrons. The van der Waals surface area contributed by atoms with Crippen LogP contribution < -0.4 is 5.32 Å². The molecule has 1 aliphatic carbocycles. The van der Waals surface area contributed by atoms with Gasteiger partial charge in [-0.1, -0.05) is 19.8 Å². The summed E-state index contributed by atoms with van der Waals surface area (Å²) in [6.45, 7) is 2.02. The van der Waals surface area contributed by atoms with Crippen LogP contribution in [0.5, 0.6) is 0 Å². The number of hydrogen-bond donors (Lipinski definition) is 2. The van der Waals surface area contributed by atoms with Gasteiger partial charge in [0.1, 0.15) is 17.4 Å². The lowest BCUT2D eigenvalue weighted by Gasteiger charge is -2.38. The van der Waals surface area contributed by atoms with Crippen molar-refractivity contribution in [2.24, 2.45) is 5.92 Å². The Labute approximate surface area is 117 Å². The fourth-order valence-electron chi connectivity index (χ4n) is 2.89. The van der Waals surface area contributed by atoms with Crippen LogP contribution in [0.15, 0.2) is 18.2 Å². The van der Waals surface area contributed by atoms with E-state index in [-0.39, 0.29) is 5.56 Å². The summed E-state index contributed by atoms with van der Waals surface area (Å²) in [6, 6.07) is 5.67. The van der Waals surface area contributed by atoms with Crippen LogP contribution in [0.3, 0.4) is 0 Å². The number of nitrogens with zero attached hydrogens (tertiary/aromatic N) is 1. The van der Waals surface area contributed by atoms with Gasteiger partial charge < -0.3 is 10.4 Å². The summed E-state index contributed by atoms with van der Waals surface area (Å²) >= 11 is 0. The van der Waals surface area contributed by atoms with Gasteiger partial charge in [0.15, 0.2) is 0 Å². The molecular formula is C15H17FN2O2. The first-order valence-corrected chi connectivity index (χ1v) is 6.68. The van der Waals surface area contributed by atoms with Crippen LogP contribution in [0.25, 0.3) is 0 Å². The summed E-state index contributed by atoms with van der Waals surface area (Å²) < 4.78 is 13.1. The lowest BCUT2D eigenvalue weighted by molar-refractivity contribution is -0.144. The minimum Gasteiger partial charge on any atom is -0.480 e. The smallest absolute Gasteiger partial charge is 0.329 e. The molecule has 20 heavy (non-hydrogen) atoms. The molecule has 1 aliphatic rings. The van der Waals surface area contributed by atoms with E-state index in [2.05, 4.69) is 5.32 Å². The first-order chi connectivity index (χ1) is 9.47. The number of anilines is 1. The Kier molecular flexibility index (Phi) is 3.93. The van der Waals surface area contributed by atoms with Crippen molar-refractivity contribution in [3.63, 3.8) is 0 Å². The predicted molar refractivity (Wildman–Crippen MR) is 72.7 cm³/mol. The Morgan fingerprint density at radius 2 is 2.35 bits per heavy atom. The highest BCUT2D eigenvalue weighted by molar-refractivity contribution is 5.83. The molecule has 0 bridgehead atoms. The number of carboxylic acids is 1. The summed E-state index contributed by atoms with van der Waals surface area (Å²) in [7, 11) is 0. The van der Waals surface area contributed by atoms with Crippen molar-refractivity contribution in [3.05, 3.63) is 29.6 Å². The van der Waals surface area contributed by atoms with Crippen LogP contribution in [0.1, 0.15) is 38.2 Å². The van der Waals surface area contributed by atoms with Crippen molar-refractivity contribution in [1.82, 2.24) is 0 Å². The molecule has 1 saturated carbocycles. The van der Waals surface area contributed by atoms with Crippen LogP contribution in [-0.4, -0.2) is 16.6 Å². The number of carbonyl (C=O) groups is 1. The molecule has 2 atom stereocenters. The molecule has 2 unspecified atom stereocenters. The SMILES string of the molecule is CC1CCCC(Nc2ccc(F)cc2C#N)(C(=O)O)C1. The van der Waals surface area contributed by atoms with Crippen molar-refractivity contribution in [2.45, 2.75) is 38.1 Å². The molecule has 1 fully saturated rings. The monoisotopic (exact) mass is 276 g/mol. The van der Waals surface area contributed by atoms with E-state index in [0.717, 1.165) is 18.9 Å². The number of benzene rings is 1. The zero-order valence-electron chi connectivity index (χ0n) is 11.3. The van der Waals surface area contributed by atoms with Crippen molar-refractivity contribution >= 4 is 11.7 Å². The summed E-state index contributed by atoms with van der Waals surface area (Å²) in [5.41, 5.74) is -0.560. The fraction of sp³-hybridized carbons (Fsp3) is 0.467. The lowest BCUT2D eigenvalue weighted by Crippen LogP contribution is -2.49. The van der Waals surface area contributed by atoms with E-state index in [1.165, 1.54) is 12.1 Å². The number of rotatable bonds is 3. The van der Waals surface area contributed by atoms with Crippen molar-refractivity contribution in [1.29, 1.82) is 5.26 Å². The van der Waals surface area contributed by atoms with Crippen LogP contribution in [0.2, 0.25) is 0 Å². The molecule has 0 spiro atoms. The van der Waals surface area contributed by atoms with Gasteiger partial charge in [0.25, 0.3) is 0 Å². The number of nitrogens with one attached hydrogen (secondary N) is 1. The standard InChI is InChI=1S/C15H17FN2O2/c1-10-3-2-6-15(8-10,14(19)20)18-13-5-4-12(16)7-11(13)9-17/h4-5,7,10,18H,2-3,6,8H2,1H3,(H,19,20). The maximum atomic E-state index is 13.1. The van der Waals surface area contributed by atoms with E-state index in [1.54, 1.807) is 0 Å². The molecule has 0 amide bonds. The van der Waals surface area contributed by atoms with Crippen molar-refractivity contribution in [2.75, 3.05) is 5.32 Å². The molecule has 1 aromatic rings. The topological polar surface area (TPSA) is 73.1 Å². The lowest BCUT2D eigenvalue weighted by atomic mass is 9.76. The maximum Gasteiger partial charge on any atom is 0.329 e. The second-order valence-electron chi connectivity index (χ2n) is 5.52. The molecule has 2 rings (SSSR count). The van der Waals surface area contributed by atoms with Crippen LogP contribution in [0, 0.1) is 23.1 Å². The average Bonchev–Trinajstić information content (AvgIpc) is 2.40. The minimum absolute atomic E-state index is 0.129. The second kappa shape index (κ2) is 5.49. The van der Waals surface area contributed by atoms with E-state index >= 15 is 0 Å². The van der Waals surface area contributed by atoms with Gasteiger partial charge >= 0.3 is 5.97 Å². The highest BCUT2D eigenvalue weighted by Crippen LogP contribution is 2.36. The van der Waals surface area contributed by atoms with Gasteiger partial charge in [0, 0.05) is 0 Å². The quantitative estimate of drug-likeness (QED) is 0.889. The molecular weight excluding hydrogens is 259 g/mol. The molecule has 0 saturated heterocycles. The molecule has 0 aromatic heterocycles. The third-order valence-electron chi connectivity index (χ3n) is 3.88. The Morgan fingerprint density at radius 3 is 2.95 bits per heavy atom. The highest BCUT2D eigenvalue weighted by atomic mass is 19.1. The van der Waals surface area contributed by atoms with Gasteiger partial charge in [-0.3, -0.25) is 0 Å². The molecule has 0 heterocycles. The summed E-state index contributed by atoms with van der Waals surface area (Å²) in [5, 5.41) is 21.6. The zero-order valence-corrected chi connectivity index (χ0v) is 11.3. The van der Waals surface area contributed by atoms with E-state index in [9.17, 15) is 14.3 Å². The van der Waals surface area contributed by atoms with Gasteiger partial charge in [-0.15, -0.1) is 0 Å². The van der Waals surface area contributed by atoms with Crippen LogP contribution >= 0.6 is 0 Å². The molecule has 4 nitrogen and oxygen atoms in total.